The molecule has 0 amide bonds. The predicted octanol–water partition coefficient (Wildman–Crippen LogP) is 13.9. The van der Waals surface area contributed by atoms with Crippen LogP contribution in [-0.2, 0) is 0 Å². The van der Waals surface area contributed by atoms with Crippen molar-refractivity contribution in [1.29, 1.82) is 0 Å². The Morgan fingerprint density at radius 2 is 0.825 bits per heavy atom. The lowest BCUT2D eigenvalue weighted by atomic mass is 9.89. The van der Waals surface area contributed by atoms with Crippen LogP contribution in [0.25, 0.3) is 77.2 Å². The molecule has 2 aliphatic rings. The molecule has 2 atom stereocenters. The summed E-state index contributed by atoms with van der Waals surface area (Å²) in [4.78, 5) is 2.50. The van der Waals surface area contributed by atoms with Crippen molar-refractivity contribution in [2.75, 3.05) is 4.90 Å². The van der Waals surface area contributed by atoms with Crippen molar-refractivity contribution in [2.45, 2.75) is 12.0 Å². The highest BCUT2D eigenvalue weighted by Crippen LogP contribution is 2.49. The zero-order valence-corrected chi connectivity index (χ0v) is 31.2. The minimum atomic E-state index is 0.267. The van der Waals surface area contributed by atoms with Crippen molar-refractivity contribution < 1.29 is 0 Å². The van der Waals surface area contributed by atoms with E-state index in [2.05, 4.69) is 226 Å². The Hall–Kier alpha value is -7.36. The van der Waals surface area contributed by atoms with E-state index in [1.54, 1.807) is 0 Å². The molecule has 268 valence electrons. The van der Waals surface area contributed by atoms with Crippen LogP contribution in [0.1, 0.15) is 11.5 Å². The second-order valence-electron chi connectivity index (χ2n) is 15.3. The van der Waals surface area contributed by atoms with Gasteiger partial charge in [0.25, 0.3) is 0 Å². The van der Waals surface area contributed by atoms with Gasteiger partial charge in [0.05, 0.1) is 28.1 Å². The van der Waals surface area contributed by atoms with E-state index in [9.17, 15) is 0 Å². The summed E-state index contributed by atoms with van der Waals surface area (Å²) in [5, 5.41) is 5.02. The summed E-state index contributed by atoms with van der Waals surface area (Å²) < 4.78 is 4.81. The normalized spacial score (nSPS) is 15.9. The largest absolute Gasteiger partial charge is 0.333 e. The average Bonchev–Trinajstić information content (AvgIpc) is 3.92. The van der Waals surface area contributed by atoms with Gasteiger partial charge < -0.3 is 14.0 Å². The Morgan fingerprint density at radius 3 is 1.51 bits per heavy atom. The molecular weight excluding hydrogens is 691 g/mol. The highest BCUT2D eigenvalue weighted by atomic mass is 15.2. The molecule has 0 spiro atoms. The molecule has 0 fully saturated rings. The molecule has 3 nitrogen and oxygen atoms in total. The van der Waals surface area contributed by atoms with Gasteiger partial charge in [-0.15, -0.1) is 0 Å². The number of fused-ring (bicyclic) bond motifs is 9. The van der Waals surface area contributed by atoms with E-state index in [-0.39, 0.29) is 6.04 Å². The van der Waals surface area contributed by atoms with Gasteiger partial charge in [-0.05, 0) is 113 Å². The van der Waals surface area contributed by atoms with Crippen molar-refractivity contribution in [3.05, 3.63) is 218 Å². The van der Waals surface area contributed by atoms with Crippen molar-refractivity contribution in [1.82, 2.24) is 9.13 Å². The molecule has 8 aromatic carbocycles. The van der Waals surface area contributed by atoms with Crippen LogP contribution in [0.4, 0.5) is 11.4 Å². The van der Waals surface area contributed by atoms with E-state index < -0.39 is 0 Å². The van der Waals surface area contributed by atoms with Crippen LogP contribution in [-0.4, -0.2) is 15.2 Å². The number of para-hydroxylation sites is 4. The number of anilines is 2. The van der Waals surface area contributed by atoms with Crippen LogP contribution in [0, 0.1) is 0 Å². The third-order valence-corrected chi connectivity index (χ3v) is 12.2. The lowest BCUT2D eigenvalue weighted by Gasteiger charge is -2.28. The van der Waals surface area contributed by atoms with Crippen molar-refractivity contribution in [3.8, 4) is 33.6 Å². The van der Waals surface area contributed by atoms with E-state index in [1.807, 2.05) is 0 Å². The summed E-state index contributed by atoms with van der Waals surface area (Å²) in [5.41, 5.74) is 15.9. The minimum Gasteiger partial charge on any atom is -0.333 e. The lowest BCUT2D eigenvalue weighted by Crippen LogP contribution is -2.28. The summed E-state index contributed by atoms with van der Waals surface area (Å²) in [6.07, 6.45) is 9.10. The van der Waals surface area contributed by atoms with Gasteiger partial charge >= 0.3 is 0 Å². The maximum Gasteiger partial charge on any atom is 0.0629 e. The lowest BCUT2D eigenvalue weighted by molar-refractivity contribution is 0.745. The number of nitrogens with zero attached hydrogens (tertiary/aromatic N) is 3. The second-order valence-corrected chi connectivity index (χ2v) is 15.3. The van der Waals surface area contributed by atoms with Gasteiger partial charge in [-0.2, -0.15) is 0 Å². The molecule has 0 saturated carbocycles. The van der Waals surface area contributed by atoms with E-state index in [4.69, 9.17) is 0 Å². The fourth-order valence-electron chi connectivity index (χ4n) is 9.65. The Balaban J connectivity index is 1.00. The zero-order chi connectivity index (χ0) is 37.5. The van der Waals surface area contributed by atoms with E-state index in [0.717, 1.165) is 5.69 Å². The van der Waals surface area contributed by atoms with Crippen LogP contribution in [0.3, 0.4) is 0 Å². The monoisotopic (exact) mass is 727 g/mol. The molecule has 1 aliphatic carbocycles. The van der Waals surface area contributed by atoms with Crippen molar-refractivity contribution in [2.24, 2.45) is 0 Å². The Bertz CT molecular complexity index is 3240. The van der Waals surface area contributed by atoms with Crippen LogP contribution >= 0.6 is 0 Å². The molecular formula is C54H37N3. The summed E-state index contributed by atoms with van der Waals surface area (Å²) in [6, 6.07) is 69.3. The highest BCUT2D eigenvalue weighted by Gasteiger charge is 2.37. The van der Waals surface area contributed by atoms with E-state index in [0.29, 0.717) is 5.92 Å². The first-order chi connectivity index (χ1) is 28.3. The van der Waals surface area contributed by atoms with Crippen LogP contribution in [0.2, 0.25) is 0 Å². The molecule has 2 aromatic heterocycles. The van der Waals surface area contributed by atoms with E-state index in [1.165, 1.54) is 88.5 Å². The van der Waals surface area contributed by atoms with Crippen molar-refractivity contribution in [3.63, 3.8) is 0 Å². The molecule has 1 aliphatic heterocycles. The smallest absolute Gasteiger partial charge is 0.0629 e. The van der Waals surface area contributed by atoms with Gasteiger partial charge in [0.2, 0.25) is 0 Å². The molecule has 0 radical (unpaired) electrons. The first-order valence-corrected chi connectivity index (χ1v) is 19.8. The molecule has 3 heteroatoms. The molecule has 0 saturated heterocycles. The summed E-state index contributed by atoms with van der Waals surface area (Å²) in [7, 11) is 0. The molecule has 10 aromatic rings. The summed E-state index contributed by atoms with van der Waals surface area (Å²) >= 11 is 0. The number of aromatic nitrogens is 2. The zero-order valence-electron chi connectivity index (χ0n) is 31.2. The number of allylic oxidation sites excluding steroid dienone is 2. The molecule has 0 bridgehead atoms. The Morgan fingerprint density at radius 1 is 0.333 bits per heavy atom. The maximum absolute atomic E-state index is 2.50. The minimum absolute atomic E-state index is 0.267. The SMILES string of the molecule is C1=CC2c3cc(-c4ccc5c6cc(-c7ccc8c(c7)c7ccccc7n8-c7ccccc7)ccc6n(-c6ccccc6)c5c4)ccc3N(c3ccccc3)C2C=C1. The molecule has 3 heterocycles. The topological polar surface area (TPSA) is 13.1 Å². The van der Waals surface area contributed by atoms with Gasteiger partial charge in [0.1, 0.15) is 0 Å². The molecule has 2 unspecified atom stereocenters. The van der Waals surface area contributed by atoms with Crippen LogP contribution in [0.5, 0.6) is 0 Å². The first kappa shape index (κ1) is 31.9. The number of hydrogen-bond acceptors (Lipinski definition) is 1. The highest BCUT2D eigenvalue weighted by molar-refractivity contribution is 6.13. The number of hydrogen-bond donors (Lipinski definition) is 0. The third kappa shape index (κ3) is 4.92. The van der Waals surface area contributed by atoms with Crippen molar-refractivity contribution >= 4 is 55.0 Å². The van der Waals surface area contributed by atoms with E-state index >= 15 is 0 Å². The van der Waals surface area contributed by atoms with Crippen LogP contribution < -0.4 is 4.90 Å². The first-order valence-electron chi connectivity index (χ1n) is 19.8. The Kier molecular flexibility index (Phi) is 7.05. The quantitative estimate of drug-likeness (QED) is 0.172. The maximum atomic E-state index is 2.50. The molecule has 0 N–H and O–H groups in total. The van der Waals surface area contributed by atoms with Gasteiger partial charge in [-0.25, -0.2) is 0 Å². The fourth-order valence-corrected chi connectivity index (χ4v) is 9.65. The van der Waals surface area contributed by atoms with Gasteiger partial charge in [0, 0.05) is 50.2 Å². The van der Waals surface area contributed by atoms with Gasteiger partial charge in [0.15, 0.2) is 0 Å². The summed E-state index contributed by atoms with van der Waals surface area (Å²) in [6.45, 7) is 0. The molecule has 57 heavy (non-hydrogen) atoms. The third-order valence-electron chi connectivity index (χ3n) is 12.2. The molecule has 12 rings (SSSR count). The number of rotatable bonds is 5. The Labute approximate surface area is 331 Å². The predicted molar refractivity (Wildman–Crippen MR) is 239 cm³/mol. The summed E-state index contributed by atoms with van der Waals surface area (Å²) in [5.74, 6) is 0.303. The van der Waals surface area contributed by atoms with Gasteiger partial charge in [-0.1, -0.05) is 127 Å². The van der Waals surface area contributed by atoms with Gasteiger partial charge in [-0.3, -0.25) is 0 Å². The average molecular weight is 728 g/mol. The standard InChI is InChI=1S/C54H37N3/c1-4-14-40(15-5-1)55-49-22-12-10-20-43(49)46-32-36(25-29-51(46)55)37-26-31-53-48(33-37)45-28-24-39(35-54(45)57(53)42-18-8-3-9-19-42)38-27-30-52-47(34-38)44-21-11-13-23-50(44)56(52)41-16-6-2-7-17-41/h1-35,44,50H. The van der Waals surface area contributed by atoms with Crippen LogP contribution in [0.15, 0.2) is 212 Å². The second kappa shape index (κ2) is 12.6. The number of benzene rings is 8. The fraction of sp³-hybridized carbons (Fsp3) is 0.0370.